The quantitative estimate of drug-likeness (QED) is 0.545. The number of fused-ring (bicyclic) bond motifs is 3. The van der Waals surface area contributed by atoms with Crippen LogP contribution >= 0.6 is 11.3 Å². The van der Waals surface area contributed by atoms with E-state index in [1.807, 2.05) is 36.4 Å². The van der Waals surface area contributed by atoms with Crippen LogP contribution in [0.15, 0.2) is 47.8 Å². The second-order valence-electron chi connectivity index (χ2n) is 5.73. The predicted molar refractivity (Wildman–Crippen MR) is 94.2 cm³/mol. The lowest BCUT2D eigenvalue weighted by atomic mass is 9.79. The van der Waals surface area contributed by atoms with Crippen LogP contribution in [-0.4, -0.2) is 10.8 Å². The van der Waals surface area contributed by atoms with Gasteiger partial charge in [-0.05, 0) is 10.9 Å². The first-order valence-corrected chi connectivity index (χ1v) is 8.38. The molecule has 4 rings (SSSR count). The number of nitrogens with zero attached hydrogens (tertiary/aromatic N) is 2. The predicted octanol–water partition coefficient (Wildman–Crippen LogP) is 4.45. The number of ether oxygens (including phenoxy) is 1. The van der Waals surface area contributed by atoms with Crippen molar-refractivity contribution in [2.24, 2.45) is 5.92 Å². The van der Waals surface area contributed by atoms with E-state index in [0.29, 0.717) is 11.3 Å². The second kappa shape index (κ2) is 5.69. The SMILES string of the molecule is N#CC1C(=N)Oc2c(ccc3ccccc23)C1c1csc([N+](=O)[O-])c1. The molecule has 0 radical (unpaired) electrons. The molecule has 0 fully saturated rings. The first kappa shape index (κ1) is 15.3. The van der Waals surface area contributed by atoms with Gasteiger partial charge in [-0.25, -0.2) is 0 Å². The molecule has 2 atom stereocenters. The van der Waals surface area contributed by atoms with Crippen LogP contribution in [0, 0.1) is 32.8 Å². The molecule has 1 aliphatic heterocycles. The third kappa shape index (κ3) is 2.35. The van der Waals surface area contributed by atoms with Crippen molar-refractivity contribution in [3.05, 3.63) is 69.1 Å². The number of benzene rings is 2. The Hall–Kier alpha value is -3.24. The Morgan fingerprint density at radius 3 is 2.80 bits per heavy atom. The molecule has 0 spiro atoms. The number of nitro groups is 1. The number of nitrogens with one attached hydrogen (secondary N) is 1. The summed E-state index contributed by atoms with van der Waals surface area (Å²) in [4.78, 5) is 10.6. The van der Waals surface area contributed by atoms with Crippen LogP contribution in [0.25, 0.3) is 10.8 Å². The van der Waals surface area contributed by atoms with Gasteiger partial charge >= 0.3 is 5.00 Å². The van der Waals surface area contributed by atoms with E-state index in [1.165, 1.54) is 6.07 Å². The lowest BCUT2D eigenvalue weighted by molar-refractivity contribution is -0.380. The van der Waals surface area contributed by atoms with Gasteiger partial charge < -0.3 is 4.74 Å². The van der Waals surface area contributed by atoms with Gasteiger partial charge in [0.05, 0.1) is 11.0 Å². The number of hydrogen-bond donors (Lipinski definition) is 1. The Kier molecular flexibility index (Phi) is 3.48. The zero-order chi connectivity index (χ0) is 17.6. The zero-order valence-corrected chi connectivity index (χ0v) is 13.6. The monoisotopic (exact) mass is 349 g/mol. The molecule has 6 nitrogen and oxygen atoms in total. The number of thiophene rings is 1. The molecule has 0 saturated carbocycles. The molecule has 0 amide bonds. The normalized spacial score (nSPS) is 19.1. The number of hydrogen-bond acceptors (Lipinski definition) is 6. The highest BCUT2D eigenvalue weighted by atomic mass is 32.1. The van der Waals surface area contributed by atoms with E-state index >= 15 is 0 Å². The van der Waals surface area contributed by atoms with E-state index in [9.17, 15) is 15.4 Å². The lowest BCUT2D eigenvalue weighted by Crippen LogP contribution is -2.30. The third-order valence-electron chi connectivity index (χ3n) is 4.36. The maximum absolute atomic E-state index is 11.0. The van der Waals surface area contributed by atoms with Crippen molar-refractivity contribution < 1.29 is 9.66 Å². The summed E-state index contributed by atoms with van der Waals surface area (Å²) < 4.78 is 5.68. The fourth-order valence-electron chi connectivity index (χ4n) is 3.23. The van der Waals surface area contributed by atoms with Crippen LogP contribution in [0.5, 0.6) is 5.75 Å². The van der Waals surface area contributed by atoms with Crippen molar-refractivity contribution in [3.8, 4) is 11.8 Å². The number of nitriles is 1. The second-order valence-corrected chi connectivity index (χ2v) is 6.62. The molecule has 1 N–H and O–H groups in total. The molecule has 0 bridgehead atoms. The van der Waals surface area contributed by atoms with Crippen molar-refractivity contribution in [1.82, 2.24) is 0 Å². The Labute approximate surface area is 146 Å². The van der Waals surface area contributed by atoms with Gasteiger partial charge in [0.1, 0.15) is 11.7 Å². The Balaban J connectivity index is 1.96. The van der Waals surface area contributed by atoms with Gasteiger partial charge in [0.15, 0.2) is 0 Å². The van der Waals surface area contributed by atoms with Crippen LogP contribution in [0.2, 0.25) is 0 Å². The zero-order valence-electron chi connectivity index (χ0n) is 12.8. The van der Waals surface area contributed by atoms with Crippen molar-refractivity contribution in [2.75, 3.05) is 0 Å². The van der Waals surface area contributed by atoms with E-state index in [2.05, 4.69) is 6.07 Å². The summed E-state index contributed by atoms with van der Waals surface area (Å²) in [6, 6.07) is 15.1. The summed E-state index contributed by atoms with van der Waals surface area (Å²) in [7, 11) is 0. The molecule has 3 aromatic rings. The molecule has 122 valence electrons. The van der Waals surface area contributed by atoms with Crippen LogP contribution in [0.1, 0.15) is 17.0 Å². The molecule has 7 heteroatoms. The van der Waals surface area contributed by atoms with Gasteiger partial charge in [0.2, 0.25) is 5.90 Å². The van der Waals surface area contributed by atoms with E-state index < -0.39 is 16.8 Å². The Morgan fingerprint density at radius 2 is 2.08 bits per heavy atom. The van der Waals surface area contributed by atoms with Gasteiger partial charge in [-0.3, -0.25) is 15.5 Å². The smallest absolute Gasteiger partial charge is 0.324 e. The summed E-state index contributed by atoms with van der Waals surface area (Å²) in [5.74, 6) is -0.864. The summed E-state index contributed by atoms with van der Waals surface area (Å²) in [5.41, 5.74) is 1.43. The fourth-order valence-corrected chi connectivity index (χ4v) is 3.99. The van der Waals surface area contributed by atoms with Gasteiger partial charge in [0.25, 0.3) is 0 Å². The van der Waals surface area contributed by atoms with Crippen molar-refractivity contribution in [1.29, 1.82) is 10.7 Å². The van der Waals surface area contributed by atoms with E-state index in [1.54, 1.807) is 5.38 Å². The summed E-state index contributed by atoms with van der Waals surface area (Å²) in [6.45, 7) is 0. The summed E-state index contributed by atoms with van der Waals surface area (Å²) in [5, 5.41) is 32.2. The van der Waals surface area contributed by atoms with E-state index in [-0.39, 0.29) is 10.9 Å². The molecule has 0 saturated heterocycles. The average Bonchev–Trinajstić information content (AvgIpc) is 3.10. The highest BCUT2D eigenvalue weighted by Gasteiger charge is 2.38. The summed E-state index contributed by atoms with van der Waals surface area (Å²) >= 11 is 1.02. The largest absolute Gasteiger partial charge is 0.441 e. The Morgan fingerprint density at radius 1 is 1.28 bits per heavy atom. The van der Waals surface area contributed by atoms with Crippen LogP contribution in [-0.2, 0) is 0 Å². The molecule has 2 heterocycles. The maximum atomic E-state index is 11.0. The minimum Gasteiger partial charge on any atom is -0.441 e. The molecule has 25 heavy (non-hydrogen) atoms. The lowest BCUT2D eigenvalue weighted by Gasteiger charge is -2.30. The maximum Gasteiger partial charge on any atom is 0.324 e. The first-order chi connectivity index (χ1) is 12.1. The van der Waals surface area contributed by atoms with Gasteiger partial charge in [-0.2, -0.15) is 5.26 Å². The average molecular weight is 349 g/mol. The molecule has 1 aromatic heterocycles. The fraction of sp³-hybridized carbons (Fsp3) is 0.111. The molecule has 1 aliphatic rings. The molecule has 0 aliphatic carbocycles. The van der Waals surface area contributed by atoms with E-state index in [4.69, 9.17) is 10.1 Å². The highest BCUT2D eigenvalue weighted by molar-refractivity contribution is 7.13. The minimum absolute atomic E-state index is 0.0204. The molecule has 2 unspecified atom stereocenters. The van der Waals surface area contributed by atoms with Gasteiger partial charge in [-0.1, -0.05) is 47.7 Å². The van der Waals surface area contributed by atoms with Crippen molar-refractivity contribution in [2.45, 2.75) is 5.92 Å². The Bertz CT molecular complexity index is 1070. The third-order valence-corrected chi connectivity index (χ3v) is 5.26. The van der Waals surface area contributed by atoms with Crippen LogP contribution < -0.4 is 4.74 Å². The van der Waals surface area contributed by atoms with E-state index in [0.717, 1.165) is 27.7 Å². The molecule has 2 aromatic carbocycles. The number of rotatable bonds is 2. The molecular formula is C18H11N3O3S. The minimum atomic E-state index is -0.817. The van der Waals surface area contributed by atoms with Crippen LogP contribution in [0.4, 0.5) is 5.00 Å². The summed E-state index contributed by atoms with van der Waals surface area (Å²) in [6.07, 6.45) is 0. The van der Waals surface area contributed by atoms with Gasteiger partial charge in [0, 0.05) is 28.3 Å². The van der Waals surface area contributed by atoms with Gasteiger partial charge in [-0.15, -0.1) is 0 Å². The first-order valence-electron chi connectivity index (χ1n) is 7.50. The van der Waals surface area contributed by atoms with Crippen LogP contribution in [0.3, 0.4) is 0 Å². The van der Waals surface area contributed by atoms with Crippen molar-refractivity contribution in [3.63, 3.8) is 0 Å². The topological polar surface area (TPSA) is 100 Å². The van der Waals surface area contributed by atoms with Crippen molar-refractivity contribution >= 4 is 33.0 Å². The highest BCUT2D eigenvalue weighted by Crippen LogP contribution is 2.46. The molecular weight excluding hydrogens is 338 g/mol. The standard InChI is InChI=1S/C18H11N3O3S/c19-8-14-16(11-7-15(21(22)23)25-9-11)13-6-5-10-3-1-2-4-12(10)17(13)24-18(14)20/h1-7,9,14,16,20H.